The van der Waals surface area contributed by atoms with Crippen molar-refractivity contribution in [3.05, 3.63) is 54.9 Å². The fraction of sp³-hybridized carbons (Fsp3) is 0.294. The molecule has 0 unspecified atom stereocenters. The summed E-state index contributed by atoms with van der Waals surface area (Å²) in [5, 5.41) is 0. The number of hydrogen-bond acceptors (Lipinski definition) is 3. The predicted octanol–water partition coefficient (Wildman–Crippen LogP) is 2.68. The molecule has 0 saturated carbocycles. The SMILES string of the molecule is CC(C)(C)C(=O)C=c1[nH]c(=O)c(=Cc2cccc(C(F)(F)F)c2)s1. The van der Waals surface area contributed by atoms with E-state index in [1.165, 1.54) is 24.3 Å². The van der Waals surface area contributed by atoms with Gasteiger partial charge >= 0.3 is 6.18 Å². The quantitative estimate of drug-likeness (QED) is 0.900. The lowest BCUT2D eigenvalue weighted by molar-refractivity contribution is -0.137. The summed E-state index contributed by atoms with van der Waals surface area (Å²) in [5.74, 6) is -0.148. The summed E-state index contributed by atoms with van der Waals surface area (Å²) >= 11 is 1.03. The Morgan fingerprint density at radius 1 is 1.21 bits per heavy atom. The zero-order chi connectivity index (χ0) is 18.1. The number of nitrogens with one attached hydrogen (secondary N) is 1. The molecule has 0 fully saturated rings. The van der Waals surface area contributed by atoms with E-state index >= 15 is 0 Å². The monoisotopic (exact) mass is 355 g/mol. The van der Waals surface area contributed by atoms with E-state index in [-0.39, 0.29) is 15.9 Å². The Morgan fingerprint density at radius 2 is 1.88 bits per heavy atom. The van der Waals surface area contributed by atoms with E-state index in [1.807, 2.05) is 0 Å². The Labute approximate surface area is 140 Å². The maximum Gasteiger partial charge on any atom is 0.416 e. The number of hydrogen-bond donors (Lipinski definition) is 1. The fourth-order valence-electron chi connectivity index (χ4n) is 1.82. The van der Waals surface area contributed by atoms with Crippen molar-refractivity contribution in [1.82, 2.24) is 4.98 Å². The fourth-order valence-corrected chi connectivity index (χ4v) is 2.70. The van der Waals surface area contributed by atoms with Crippen LogP contribution in [-0.4, -0.2) is 10.8 Å². The number of alkyl halides is 3. The smallest absolute Gasteiger partial charge is 0.313 e. The molecule has 2 rings (SSSR count). The summed E-state index contributed by atoms with van der Waals surface area (Å²) in [6, 6.07) is 4.71. The van der Waals surface area contributed by atoms with Crippen molar-refractivity contribution in [2.45, 2.75) is 26.9 Å². The molecule has 0 amide bonds. The van der Waals surface area contributed by atoms with E-state index in [4.69, 9.17) is 0 Å². The Balaban J connectivity index is 2.48. The first kappa shape index (κ1) is 18.2. The van der Waals surface area contributed by atoms with Gasteiger partial charge in [-0.05, 0) is 23.8 Å². The minimum absolute atomic E-state index is 0.148. The molecule has 1 N–H and O–H groups in total. The van der Waals surface area contributed by atoms with Crippen molar-refractivity contribution in [1.29, 1.82) is 0 Å². The average molecular weight is 355 g/mol. The number of thiazole rings is 1. The lowest BCUT2D eigenvalue weighted by Crippen LogP contribution is -2.22. The summed E-state index contributed by atoms with van der Waals surface area (Å²) in [4.78, 5) is 26.4. The molecule has 7 heteroatoms. The molecule has 128 valence electrons. The van der Waals surface area contributed by atoms with E-state index in [0.717, 1.165) is 23.5 Å². The van der Waals surface area contributed by atoms with Gasteiger partial charge in [0.25, 0.3) is 5.56 Å². The van der Waals surface area contributed by atoms with Gasteiger partial charge in [-0.3, -0.25) is 9.59 Å². The van der Waals surface area contributed by atoms with Crippen LogP contribution in [0.15, 0.2) is 29.1 Å². The second-order valence-electron chi connectivity index (χ2n) is 6.31. The normalized spacial score (nSPS) is 14.2. The van der Waals surface area contributed by atoms with Crippen molar-refractivity contribution in [2.75, 3.05) is 0 Å². The second kappa shape index (κ2) is 6.39. The zero-order valence-electron chi connectivity index (χ0n) is 13.3. The Bertz CT molecular complexity index is 930. The van der Waals surface area contributed by atoms with E-state index in [2.05, 4.69) is 4.98 Å². The second-order valence-corrected chi connectivity index (χ2v) is 7.39. The minimum Gasteiger partial charge on any atom is -0.313 e. The molecule has 0 aliphatic heterocycles. The van der Waals surface area contributed by atoms with Crippen LogP contribution in [0.1, 0.15) is 31.9 Å². The number of aromatic amines is 1. The van der Waals surface area contributed by atoms with Gasteiger partial charge in [-0.15, -0.1) is 11.3 Å². The maximum absolute atomic E-state index is 12.7. The van der Waals surface area contributed by atoms with Gasteiger partial charge in [-0.25, -0.2) is 0 Å². The Hall–Kier alpha value is -2.15. The highest BCUT2D eigenvalue weighted by Crippen LogP contribution is 2.29. The lowest BCUT2D eigenvalue weighted by Gasteiger charge is -2.12. The summed E-state index contributed by atoms with van der Waals surface area (Å²) in [5.41, 5.74) is -1.53. The van der Waals surface area contributed by atoms with Crippen molar-refractivity contribution < 1.29 is 18.0 Å². The highest BCUT2D eigenvalue weighted by atomic mass is 32.1. The van der Waals surface area contributed by atoms with Crippen LogP contribution in [0.4, 0.5) is 13.2 Å². The van der Waals surface area contributed by atoms with Crippen LogP contribution in [0.5, 0.6) is 0 Å². The molecule has 0 aliphatic rings. The molecule has 3 nitrogen and oxygen atoms in total. The highest BCUT2D eigenvalue weighted by molar-refractivity contribution is 7.07. The van der Waals surface area contributed by atoms with Gasteiger partial charge in [0.05, 0.1) is 14.8 Å². The number of ketones is 1. The maximum atomic E-state index is 12.7. The first-order valence-electron chi connectivity index (χ1n) is 7.11. The van der Waals surface area contributed by atoms with Gasteiger partial charge in [-0.1, -0.05) is 32.9 Å². The molecular weight excluding hydrogens is 339 g/mol. The van der Waals surface area contributed by atoms with Gasteiger partial charge in [-0.2, -0.15) is 13.2 Å². The summed E-state index contributed by atoms with van der Waals surface area (Å²) in [6.45, 7) is 5.27. The highest BCUT2D eigenvalue weighted by Gasteiger charge is 2.30. The van der Waals surface area contributed by atoms with E-state index in [1.54, 1.807) is 20.8 Å². The molecule has 2 aromatic rings. The molecule has 0 saturated heterocycles. The Morgan fingerprint density at radius 3 is 2.46 bits per heavy atom. The molecule has 24 heavy (non-hydrogen) atoms. The number of Topliss-reactive ketones (excluding diaryl/α,β-unsaturated/α-hetero) is 1. The number of H-pyrrole nitrogens is 1. The number of aromatic nitrogens is 1. The summed E-state index contributed by atoms with van der Waals surface area (Å²) in [6.07, 6.45) is -1.73. The van der Waals surface area contributed by atoms with Crippen LogP contribution in [0.25, 0.3) is 12.2 Å². The van der Waals surface area contributed by atoms with Crippen LogP contribution in [0.2, 0.25) is 0 Å². The van der Waals surface area contributed by atoms with Crippen molar-refractivity contribution in [3.8, 4) is 0 Å². The van der Waals surface area contributed by atoms with Gasteiger partial charge in [0, 0.05) is 11.5 Å². The van der Waals surface area contributed by atoms with Crippen LogP contribution >= 0.6 is 11.3 Å². The molecule has 0 radical (unpaired) electrons. The third-order valence-electron chi connectivity index (χ3n) is 3.19. The third-order valence-corrected chi connectivity index (χ3v) is 4.16. The molecule has 0 aliphatic carbocycles. The predicted molar refractivity (Wildman–Crippen MR) is 88.1 cm³/mol. The topological polar surface area (TPSA) is 49.9 Å². The first-order valence-corrected chi connectivity index (χ1v) is 7.93. The number of carbonyl (C=O) groups excluding carboxylic acids is 1. The molecule has 0 spiro atoms. The molecular formula is C17H16F3NO2S. The van der Waals surface area contributed by atoms with Crippen molar-refractivity contribution in [2.24, 2.45) is 5.41 Å². The van der Waals surface area contributed by atoms with E-state index < -0.39 is 22.7 Å². The van der Waals surface area contributed by atoms with Crippen molar-refractivity contribution in [3.63, 3.8) is 0 Å². The average Bonchev–Trinajstić information content (AvgIpc) is 2.77. The van der Waals surface area contributed by atoms with Crippen LogP contribution in [0, 0.1) is 5.41 Å². The van der Waals surface area contributed by atoms with Gasteiger partial charge in [0.1, 0.15) is 0 Å². The third kappa shape index (κ3) is 4.44. The Kier molecular flexibility index (Phi) is 4.85. The lowest BCUT2D eigenvalue weighted by atomic mass is 9.91. The molecule has 1 aromatic heterocycles. The van der Waals surface area contributed by atoms with Crippen LogP contribution in [-0.2, 0) is 11.0 Å². The van der Waals surface area contributed by atoms with Gasteiger partial charge in [0.15, 0.2) is 5.78 Å². The number of rotatable bonds is 2. The standard InChI is InChI=1S/C17H16F3NO2S/c1-16(2,3)13(22)9-14-21-15(23)12(24-14)8-10-5-4-6-11(7-10)17(18,19)20/h4-9H,1-3H3,(H,21,23). The van der Waals surface area contributed by atoms with Crippen LogP contribution < -0.4 is 14.8 Å². The van der Waals surface area contributed by atoms with E-state index in [9.17, 15) is 22.8 Å². The molecule has 1 heterocycles. The van der Waals surface area contributed by atoms with Crippen LogP contribution in [0.3, 0.4) is 0 Å². The number of benzene rings is 1. The van der Waals surface area contributed by atoms with E-state index in [0.29, 0.717) is 4.66 Å². The minimum atomic E-state index is -4.44. The number of carbonyl (C=O) groups is 1. The first-order chi connectivity index (χ1) is 11.0. The van der Waals surface area contributed by atoms with Gasteiger partial charge in [0.2, 0.25) is 0 Å². The zero-order valence-corrected chi connectivity index (χ0v) is 14.1. The number of halogens is 3. The largest absolute Gasteiger partial charge is 0.416 e. The summed E-state index contributed by atoms with van der Waals surface area (Å²) in [7, 11) is 0. The molecule has 1 aromatic carbocycles. The summed E-state index contributed by atoms with van der Waals surface area (Å²) < 4.78 is 38.8. The van der Waals surface area contributed by atoms with Crippen molar-refractivity contribution >= 4 is 29.3 Å². The molecule has 0 bridgehead atoms. The molecule has 0 atom stereocenters. The van der Waals surface area contributed by atoms with Gasteiger partial charge < -0.3 is 4.98 Å².